The number of hydrogen-bond donors (Lipinski definition) is 1. The first kappa shape index (κ1) is 18.5. The number of aromatic nitrogens is 2. The van der Waals surface area contributed by atoms with Crippen LogP contribution in [0.4, 0.5) is 10.2 Å². The minimum absolute atomic E-state index is 0.0271. The highest BCUT2D eigenvalue weighted by atomic mass is 19.1. The Morgan fingerprint density at radius 1 is 1.29 bits per heavy atom. The molecule has 2 atom stereocenters. The molecule has 1 saturated carbocycles. The molecular formula is C21H23FN4O2. The highest BCUT2D eigenvalue weighted by Gasteiger charge is 2.50. The summed E-state index contributed by atoms with van der Waals surface area (Å²) in [4.78, 5) is 35.7. The van der Waals surface area contributed by atoms with Gasteiger partial charge < -0.3 is 5.32 Å². The second kappa shape index (κ2) is 7.30. The zero-order chi connectivity index (χ0) is 19.7. The number of nitrogens with one attached hydrogen (secondary N) is 1. The number of amides is 2. The van der Waals surface area contributed by atoms with Crippen molar-refractivity contribution in [2.24, 2.45) is 5.41 Å². The molecule has 1 aliphatic heterocycles. The first-order valence-electron chi connectivity index (χ1n) is 9.65. The summed E-state index contributed by atoms with van der Waals surface area (Å²) >= 11 is 0. The molecule has 0 bridgehead atoms. The van der Waals surface area contributed by atoms with Crippen LogP contribution in [-0.2, 0) is 4.79 Å². The Kier molecular flexibility index (Phi) is 4.83. The van der Waals surface area contributed by atoms with Crippen LogP contribution < -0.4 is 10.2 Å². The summed E-state index contributed by atoms with van der Waals surface area (Å²) in [6.45, 7) is 2.42. The van der Waals surface area contributed by atoms with Crippen molar-refractivity contribution in [1.29, 1.82) is 0 Å². The molecule has 28 heavy (non-hydrogen) atoms. The summed E-state index contributed by atoms with van der Waals surface area (Å²) in [7, 11) is 0. The van der Waals surface area contributed by atoms with Gasteiger partial charge in [-0.3, -0.25) is 14.5 Å². The van der Waals surface area contributed by atoms with Crippen LogP contribution in [0, 0.1) is 18.2 Å². The van der Waals surface area contributed by atoms with Gasteiger partial charge in [0, 0.05) is 18.3 Å². The fourth-order valence-corrected chi connectivity index (χ4v) is 4.40. The number of anilines is 1. The number of halogens is 1. The van der Waals surface area contributed by atoms with Gasteiger partial charge in [0.25, 0.3) is 5.91 Å². The zero-order valence-electron chi connectivity index (χ0n) is 15.8. The molecule has 1 aliphatic carbocycles. The molecular weight excluding hydrogens is 359 g/mol. The van der Waals surface area contributed by atoms with E-state index in [2.05, 4.69) is 15.3 Å². The second-order valence-electron chi connectivity index (χ2n) is 7.75. The van der Waals surface area contributed by atoms with E-state index in [0.717, 1.165) is 37.6 Å². The van der Waals surface area contributed by atoms with Crippen LogP contribution in [0.25, 0.3) is 0 Å². The van der Waals surface area contributed by atoms with E-state index in [4.69, 9.17) is 0 Å². The number of rotatable bonds is 3. The number of nitrogens with zero attached hydrogens (tertiary/aromatic N) is 3. The molecule has 2 amide bonds. The predicted molar refractivity (Wildman–Crippen MR) is 102 cm³/mol. The Hall–Kier alpha value is -2.83. The Morgan fingerprint density at radius 3 is 2.89 bits per heavy atom. The van der Waals surface area contributed by atoms with E-state index in [-0.39, 0.29) is 17.9 Å². The van der Waals surface area contributed by atoms with Crippen molar-refractivity contribution in [2.45, 2.75) is 45.1 Å². The van der Waals surface area contributed by atoms with E-state index in [1.54, 1.807) is 11.0 Å². The summed E-state index contributed by atoms with van der Waals surface area (Å²) in [5, 5.41) is 3.06. The second-order valence-corrected chi connectivity index (χ2v) is 7.75. The van der Waals surface area contributed by atoms with Gasteiger partial charge in [-0.1, -0.05) is 12.5 Å². The molecule has 2 aromatic rings. The van der Waals surface area contributed by atoms with E-state index < -0.39 is 11.2 Å². The summed E-state index contributed by atoms with van der Waals surface area (Å²) in [5.74, 6) is -0.110. The highest BCUT2D eigenvalue weighted by Crippen LogP contribution is 2.45. The summed E-state index contributed by atoms with van der Waals surface area (Å²) in [6, 6.07) is 8.16. The van der Waals surface area contributed by atoms with E-state index in [9.17, 15) is 14.0 Å². The number of hydrogen-bond acceptors (Lipinski definition) is 4. The Bertz CT molecular complexity index is 902. The van der Waals surface area contributed by atoms with E-state index in [1.165, 1.54) is 12.1 Å². The molecule has 1 N–H and O–H groups in total. The fourth-order valence-electron chi connectivity index (χ4n) is 4.40. The van der Waals surface area contributed by atoms with Crippen molar-refractivity contribution >= 4 is 17.6 Å². The lowest BCUT2D eigenvalue weighted by molar-refractivity contribution is -0.127. The number of pyridine rings is 2. The van der Waals surface area contributed by atoms with Crippen molar-refractivity contribution in [2.75, 3.05) is 11.4 Å². The molecule has 1 saturated heterocycles. The Labute approximate surface area is 163 Å². The molecule has 0 unspecified atom stereocenters. The van der Waals surface area contributed by atoms with Gasteiger partial charge in [-0.2, -0.15) is 0 Å². The van der Waals surface area contributed by atoms with Crippen LogP contribution in [0.5, 0.6) is 0 Å². The van der Waals surface area contributed by atoms with Crippen LogP contribution in [0.1, 0.15) is 48.3 Å². The lowest BCUT2D eigenvalue weighted by Gasteiger charge is -2.36. The van der Waals surface area contributed by atoms with E-state index >= 15 is 0 Å². The molecule has 1 spiro atoms. The van der Waals surface area contributed by atoms with Gasteiger partial charge in [0.15, 0.2) is 0 Å². The van der Waals surface area contributed by atoms with Crippen molar-refractivity contribution in [1.82, 2.24) is 15.3 Å². The van der Waals surface area contributed by atoms with Crippen LogP contribution in [0.3, 0.4) is 0 Å². The molecule has 146 valence electrons. The minimum atomic E-state index is -0.480. The van der Waals surface area contributed by atoms with Crippen LogP contribution in [0.15, 0.2) is 36.5 Å². The smallest absolute Gasteiger partial charge is 0.270 e. The minimum Gasteiger partial charge on any atom is -0.348 e. The third-order valence-electron chi connectivity index (χ3n) is 5.80. The van der Waals surface area contributed by atoms with Crippen molar-refractivity contribution in [3.8, 4) is 0 Å². The van der Waals surface area contributed by atoms with Crippen molar-refractivity contribution < 1.29 is 14.0 Å². The number of carbonyl (C=O) groups is 2. The molecule has 0 aromatic carbocycles. The maximum Gasteiger partial charge on any atom is 0.270 e. The zero-order valence-corrected chi connectivity index (χ0v) is 15.8. The fraction of sp³-hybridized carbons (Fsp3) is 0.429. The van der Waals surface area contributed by atoms with Gasteiger partial charge >= 0.3 is 0 Å². The standard InChI is InChI=1S/C21H23FN4O2/c1-14-4-2-6-17(24-14)19(27)25-16-5-3-9-21(12-16)10-11-26(20(21)28)18-8-7-15(22)13-23-18/h2,4,6-8,13,16H,3,5,9-12H2,1H3,(H,25,27)/t16-,21-/m0/s1. The van der Waals surface area contributed by atoms with Gasteiger partial charge in [0.05, 0.1) is 11.6 Å². The largest absolute Gasteiger partial charge is 0.348 e. The Morgan fingerprint density at radius 2 is 2.14 bits per heavy atom. The third kappa shape index (κ3) is 3.48. The van der Waals surface area contributed by atoms with Crippen LogP contribution in [0.2, 0.25) is 0 Å². The summed E-state index contributed by atoms with van der Waals surface area (Å²) in [5.41, 5.74) is 0.711. The SMILES string of the molecule is Cc1cccc(C(=O)N[C@H]2CCC[C@]3(CCN(c4ccc(F)cn4)C3=O)C2)n1. The molecule has 6 nitrogen and oxygen atoms in total. The van der Waals surface area contributed by atoms with Crippen molar-refractivity contribution in [3.63, 3.8) is 0 Å². The van der Waals surface area contributed by atoms with Gasteiger partial charge in [0.2, 0.25) is 5.91 Å². The monoisotopic (exact) mass is 382 g/mol. The van der Waals surface area contributed by atoms with Crippen molar-refractivity contribution in [3.05, 3.63) is 53.7 Å². The predicted octanol–water partition coefficient (Wildman–Crippen LogP) is 3.02. The van der Waals surface area contributed by atoms with Gasteiger partial charge in [-0.15, -0.1) is 0 Å². The third-order valence-corrected chi connectivity index (χ3v) is 5.80. The molecule has 2 fully saturated rings. The molecule has 4 rings (SSSR count). The van der Waals surface area contributed by atoms with Gasteiger partial charge in [-0.05, 0) is 56.9 Å². The van der Waals surface area contributed by atoms with Crippen LogP contribution in [-0.4, -0.2) is 34.4 Å². The topological polar surface area (TPSA) is 75.2 Å². The Balaban J connectivity index is 1.46. The first-order chi connectivity index (χ1) is 13.5. The van der Waals surface area contributed by atoms with Gasteiger partial charge in [0.1, 0.15) is 17.3 Å². The molecule has 3 heterocycles. The normalized spacial score (nSPS) is 24.6. The lowest BCUT2D eigenvalue weighted by atomic mass is 9.71. The molecule has 2 aliphatic rings. The lowest BCUT2D eigenvalue weighted by Crippen LogP contribution is -2.46. The quantitative estimate of drug-likeness (QED) is 0.885. The molecule has 0 radical (unpaired) electrons. The number of aryl methyl sites for hydroxylation is 1. The maximum atomic E-state index is 13.2. The van der Waals surface area contributed by atoms with E-state index in [1.807, 2.05) is 19.1 Å². The van der Waals surface area contributed by atoms with E-state index in [0.29, 0.717) is 24.5 Å². The highest BCUT2D eigenvalue weighted by molar-refractivity contribution is 5.99. The summed E-state index contributed by atoms with van der Waals surface area (Å²) < 4.78 is 13.1. The van der Waals surface area contributed by atoms with Crippen LogP contribution >= 0.6 is 0 Å². The maximum absolute atomic E-state index is 13.2. The summed E-state index contributed by atoms with van der Waals surface area (Å²) in [6.07, 6.45) is 5.00. The number of carbonyl (C=O) groups excluding carboxylic acids is 2. The molecule has 7 heteroatoms. The first-order valence-corrected chi connectivity index (χ1v) is 9.65. The average molecular weight is 382 g/mol. The average Bonchev–Trinajstić information content (AvgIpc) is 2.98. The molecule has 2 aromatic heterocycles. The van der Waals surface area contributed by atoms with Gasteiger partial charge in [-0.25, -0.2) is 14.4 Å².